The first kappa shape index (κ1) is 18.7. The Morgan fingerprint density at radius 2 is 1.83 bits per heavy atom. The molecule has 150 valence electrons. The Morgan fingerprint density at radius 3 is 2.48 bits per heavy atom. The van der Waals surface area contributed by atoms with Crippen LogP contribution in [0.25, 0.3) is 10.9 Å². The second-order valence-electron chi connectivity index (χ2n) is 6.15. The largest absolute Gasteiger partial charge is 0.573 e. The lowest BCUT2D eigenvalue weighted by atomic mass is 10.1. The molecule has 0 atom stereocenters. The number of aromatic nitrogens is 2. The highest BCUT2D eigenvalue weighted by Crippen LogP contribution is 2.29. The minimum Gasteiger partial charge on any atom is -0.455 e. The average Bonchev–Trinajstić information content (AvgIpc) is 3.30. The molecular weight excluding hydrogens is 391 g/mol. The summed E-state index contributed by atoms with van der Waals surface area (Å²) in [6.45, 7) is 0. The van der Waals surface area contributed by atoms with Crippen LogP contribution in [-0.2, 0) is 16.5 Å². The average molecular weight is 405 g/mol. The Hall–Kier alpha value is -3.69. The van der Waals surface area contributed by atoms with Gasteiger partial charge in [-0.05, 0) is 36.4 Å². The summed E-state index contributed by atoms with van der Waals surface area (Å²) < 4.78 is 52.7. The van der Waals surface area contributed by atoms with Crippen LogP contribution in [0.1, 0.15) is 22.3 Å². The van der Waals surface area contributed by atoms with Crippen LogP contribution in [0.3, 0.4) is 0 Å². The minimum atomic E-state index is -4.78. The molecule has 3 aromatic rings. The maximum Gasteiger partial charge on any atom is 0.573 e. The summed E-state index contributed by atoms with van der Waals surface area (Å²) in [6, 6.07) is 10.1. The molecule has 1 aliphatic heterocycles. The molecule has 0 fully saturated rings. The Balaban J connectivity index is 1.54. The van der Waals surface area contributed by atoms with Gasteiger partial charge in [-0.1, -0.05) is 6.07 Å². The number of ether oxygens (including phenoxy) is 3. The number of amides is 1. The van der Waals surface area contributed by atoms with E-state index in [2.05, 4.69) is 15.2 Å². The van der Waals surface area contributed by atoms with Crippen molar-refractivity contribution in [3.05, 3.63) is 66.2 Å². The van der Waals surface area contributed by atoms with E-state index >= 15 is 0 Å². The van der Waals surface area contributed by atoms with Crippen molar-refractivity contribution in [3.63, 3.8) is 0 Å². The summed E-state index contributed by atoms with van der Waals surface area (Å²) in [5, 5.41) is 7.47. The van der Waals surface area contributed by atoms with Gasteiger partial charge >= 0.3 is 6.36 Å². The zero-order valence-electron chi connectivity index (χ0n) is 14.9. The molecule has 4 rings (SSSR count). The third-order valence-corrected chi connectivity index (χ3v) is 4.17. The number of alkyl halides is 3. The van der Waals surface area contributed by atoms with Crippen LogP contribution >= 0.6 is 0 Å². The molecule has 7 nitrogen and oxygen atoms in total. The number of aryl methyl sites for hydroxylation is 1. The number of hydrogen-bond donors (Lipinski definition) is 1. The first-order chi connectivity index (χ1) is 13.8. The summed E-state index contributed by atoms with van der Waals surface area (Å²) in [5.74, 6) is -0.875. The molecule has 0 aliphatic carbocycles. The third kappa shape index (κ3) is 3.96. The first-order valence-corrected chi connectivity index (χ1v) is 8.40. The SMILES string of the molecule is Cn1nc(C(=O)Nc2ccc(OC(F)(F)F)cc2)c2ccc(C3OC=CO3)cc21. The van der Waals surface area contributed by atoms with Gasteiger partial charge in [-0.3, -0.25) is 9.48 Å². The molecule has 10 heteroatoms. The number of fused-ring (bicyclic) bond motifs is 1. The number of carbonyl (C=O) groups is 1. The second-order valence-corrected chi connectivity index (χ2v) is 6.15. The molecule has 0 radical (unpaired) electrons. The molecule has 0 bridgehead atoms. The molecule has 2 aromatic carbocycles. The van der Waals surface area contributed by atoms with Crippen LogP contribution in [0.4, 0.5) is 18.9 Å². The normalized spacial score (nSPS) is 13.9. The van der Waals surface area contributed by atoms with E-state index in [4.69, 9.17) is 9.47 Å². The highest BCUT2D eigenvalue weighted by atomic mass is 19.4. The predicted molar refractivity (Wildman–Crippen MR) is 95.8 cm³/mol. The molecule has 1 aliphatic rings. The smallest absolute Gasteiger partial charge is 0.455 e. The molecular formula is C19H14F3N3O4. The van der Waals surface area contributed by atoms with E-state index in [0.29, 0.717) is 16.6 Å². The summed E-state index contributed by atoms with van der Waals surface area (Å²) in [7, 11) is 1.70. The molecule has 0 unspecified atom stereocenters. The zero-order chi connectivity index (χ0) is 20.6. The zero-order valence-corrected chi connectivity index (χ0v) is 14.9. The quantitative estimate of drug-likeness (QED) is 0.703. The van der Waals surface area contributed by atoms with Crippen molar-refractivity contribution < 1.29 is 32.2 Å². The number of halogens is 3. The minimum absolute atomic E-state index is 0.177. The van der Waals surface area contributed by atoms with Crippen molar-refractivity contribution in [1.82, 2.24) is 9.78 Å². The number of anilines is 1. The number of carbonyl (C=O) groups excluding carboxylic acids is 1. The third-order valence-electron chi connectivity index (χ3n) is 4.17. The Kier molecular flexibility index (Phi) is 4.53. The van der Waals surface area contributed by atoms with Crippen LogP contribution in [0.15, 0.2) is 55.0 Å². The number of nitrogens with one attached hydrogen (secondary N) is 1. The van der Waals surface area contributed by atoms with Crippen LogP contribution in [0.5, 0.6) is 5.75 Å². The lowest BCUT2D eigenvalue weighted by Crippen LogP contribution is -2.17. The van der Waals surface area contributed by atoms with Crippen molar-refractivity contribution in [2.45, 2.75) is 12.7 Å². The van der Waals surface area contributed by atoms with Gasteiger partial charge in [0.1, 0.15) is 18.3 Å². The Labute approximate surface area is 162 Å². The van der Waals surface area contributed by atoms with Crippen molar-refractivity contribution in [3.8, 4) is 5.75 Å². The van der Waals surface area contributed by atoms with Crippen molar-refractivity contribution in [1.29, 1.82) is 0 Å². The molecule has 1 amide bonds. The van der Waals surface area contributed by atoms with E-state index in [1.165, 1.54) is 24.7 Å². The first-order valence-electron chi connectivity index (χ1n) is 8.40. The number of benzene rings is 2. The highest BCUT2D eigenvalue weighted by molar-refractivity contribution is 6.11. The lowest BCUT2D eigenvalue weighted by Gasteiger charge is -2.10. The van der Waals surface area contributed by atoms with E-state index < -0.39 is 18.6 Å². The van der Waals surface area contributed by atoms with Crippen LogP contribution < -0.4 is 10.1 Å². The Morgan fingerprint density at radius 1 is 1.14 bits per heavy atom. The summed E-state index contributed by atoms with van der Waals surface area (Å²) >= 11 is 0. The fourth-order valence-corrected chi connectivity index (χ4v) is 2.92. The van der Waals surface area contributed by atoms with Crippen molar-refractivity contribution in [2.24, 2.45) is 7.05 Å². The van der Waals surface area contributed by atoms with Gasteiger partial charge < -0.3 is 19.5 Å². The standard InChI is InChI=1S/C19H14F3N3O4/c1-25-15-10-11(18-27-8-9-28-18)2-7-14(15)16(24-25)17(26)23-12-3-5-13(6-4-12)29-19(20,21)22/h2-10,18H,1H3,(H,23,26). The molecule has 1 N–H and O–H groups in total. The molecule has 0 spiro atoms. The Bertz CT molecular complexity index is 1080. The van der Waals surface area contributed by atoms with E-state index in [0.717, 1.165) is 17.7 Å². The van der Waals surface area contributed by atoms with Gasteiger partial charge in [-0.25, -0.2) is 0 Å². The summed E-state index contributed by atoms with van der Waals surface area (Å²) in [6.07, 6.45) is -2.44. The van der Waals surface area contributed by atoms with Crippen LogP contribution in [0, 0.1) is 0 Å². The maximum atomic E-state index is 12.6. The monoisotopic (exact) mass is 405 g/mol. The van der Waals surface area contributed by atoms with Gasteiger partial charge in [-0.15, -0.1) is 13.2 Å². The highest BCUT2D eigenvalue weighted by Gasteiger charge is 2.31. The number of rotatable bonds is 4. The van der Waals surface area contributed by atoms with Gasteiger partial charge in [0.25, 0.3) is 12.2 Å². The summed E-state index contributed by atoms with van der Waals surface area (Å²) in [4.78, 5) is 12.6. The molecule has 1 aromatic heterocycles. The topological polar surface area (TPSA) is 74.6 Å². The van der Waals surface area contributed by atoms with Crippen LogP contribution in [0.2, 0.25) is 0 Å². The van der Waals surface area contributed by atoms with Gasteiger partial charge in [0.2, 0.25) is 0 Å². The van der Waals surface area contributed by atoms with Gasteiger partial charge in [0.15, 0.2) is 5.69 Å². The predicted octanol–water partition coefficient (Wildman–Crippen LogP) is 4.24. The van der Waals surface area contributed by atoms with Crippen molar-refractivity contribution in [2.75, 3.05) is 5.32 Å². The van der Waals surface area contributed by atoms with Gasteiger partial charge in [0, 0.05) is 23.7 Å². The fourth-order valence-electron chi connectivity index (χ4n) is 2.92. The van der Waals surface area contributed by atoms with Crippen LogP contribution in [-0.4, -0.2) is 22.1 Å². The second kappa shape index (κ2) is 7.04. The van der Waals surface area contributed by atoms with E-state index in [-0.39, 0.29) is 11.4 Å². The van der Waals surface area contributed by atoms with Gasteiger partial charge in [-0.2, -0.15) is 5.10 Å². The number of hydrogen-bond acceptors (Lipinski definition) is 5. The summed E-state index contributed by atoms with van der Waals surface area (Å²) in [5.41, 5.74) is 1.94. The van der Waals surface area contributed by atoms with E-state index in [1.807, 2.05) is 0 Å². The maximum absolute atomic E-state index is 12.6. The molecule has 0 saturated heterocycles. The molecule has 29 heavy (non-hydrogen) atoms. The molecule has 0 saturated carbocycles. The van der Waals surface area contributed by atoms with E-state index in [1.54, 1.807) is 29.9 Å². The van der Waals surface area contributed by atoms with Gasteiger partial charge in [0.05, 0.1) is 5.52 Å². The molecule has 2 heterocycles. The number of nitrogens with zero attached hydrogens (tertiary/aromatic N) is 2. The van der Waals surface area contributed by atoms with E-state index in [9.17, 15) is 18.0 Å². The lowest BCUT2D eigenvalue weighted by molar-refractivity contribution is -0.274. The van der Waals surface area contributed by atoms with Crippen molar-refractivity contribution >= 4 is 22.5 Å². The fraction of sp³-hybridized carbons (Fsp3) is 0.158.